The molecule has 3 heteroatoms. The first-order valence-corrected chi connectivity index (χ1v) is 12.7. The van der Waals surface area contributed by atoms with Crippen LogP contribution in [0.4, 0.5) is 5.69 Å². The third-order valence-electron chi connectivity index (χ3n) is 7.07. The molecule has 1 fully saturated rings. The Morgan fingerprint density at radius 1 is 1.10 bits per heavy atom. The van der Waals surface area contributed by atoms with Crippen molar-refractivity contribution in [2.24, 2.45) is 0 Å². The van der Waals surface area contributed by atoms with Gasteiger partial charge in [0.15, 0.2) is 0 Å². The normalized spacial score (nSPS) is 17.9. The second kappa shape index (κ2) is 9.20. The monoisotopic (exact) mass is 420 g/mol. The van der Waals surface area contributed by atoms with Crippen LogP contribution in [0.1, 0.15) is 54.9 Å². The average Bonchev–Trinajstić information content (AvgIpc) is 3.01. The van der Waals surface area contributed by atoms with E-state index in [-0.39, 0.29) is 5.41 Å². The number of anilines is 1. The standard InChI is InChI=1S/C27H36N2S/c1-5-7-23-19-22(10-12-26(23)30-4)8-6-15-29-16-13-27(14-17-29)21(3)28-25-11-9-20(2)18-24(25)27/h9-12,18-19,28H,3,5-8,13-17H2,1-2,4H3. The number of aryl methyl sites for hydroxylation is 3. The van der Waals surface area contributed by atoms with Crippen molar-refractivity contribution < 1.29 is 0 Å². The van der Waals surface area contributed by atoms with E-state index in [0.717, 1.165) is 0 Å². The van der Waals surface area contributed by atoms with Crippen molar-refractivity contribution in [1.82, 2.24) is 4.90 Å². The van der Waals surface area contributed by atoms with Crippen molar-refractivity contribution >= 4 is 17.4 Å². The average molecular weight is 421 g/mol. The number of allylic oxidation sites excluding steroid dienone is 1. The molecule has 0 saturated carbocycles. The molecular weight excluding hydrogens is 384 g/mol. The third kappa shape index (κ3) is 4.20. The first-order valence-electron chi connectivity index (χ1n) is 11.5. The van der Waals surface area contributed by atoms with Gasteiger partial charge in [0.05, 0.1) is 0 Å². The molecule has 1 N–H and O–H groups in total. The highest BCUT2D eigenvalue weighted by atomic mass is 32.2. The van der Waals surface area contributed by atoms with Gasteiger partial charge in [-0.1, -0.05) is 49.8 Å². The van der Waals surface area contributed by atoms with Gasteiger partial charge in [-0.25, -0.2) is 0 Å². The lowest BCUT2D eigenvalue weighted by Gasteiger charge is -2.40. The minimum atomic E-state index is 0.139. The molecule has 0 radical (unpaired) electrons. The smallest absolute Gasteiger partial charge is 0.0424 e. The van der Waals surface area contributed by atoms with Crippen molar-refractivity contribution in [3.8, 4) is 0 Å². The molecular formula is C27H36N2S. The van der Waals surface area contributed by atoms with Crippen LogP contribution >= 0.6 is 11.8 Å². The van der Waals surface area contributed by atoms with Crippen LogP contribution in [0, 0.1) is 6.92 Å². The van der Waals surface area contributed by atoms with Gasteiger partial charge in [0.2, 0.25) is 0 Å². The summed E-state index contributed by atoms with van der Waals surface area (Å²) in [4.78, 5) is 4.11. The molecule has 2 aromatic carbocycles. The van der Waals surface area contributed by atoms with Crippen LogP contribution in [0.2, 0.25) is 0 Å². The summed E-state index contributed by atoms with van der Waals surface area (Å²) in [6.07, 6.45) is 9.38. The number of hydrogen-bond acceptors (Lipinski definition) is 3. The molecule has 30 heavy (non-hydrogen) atoms. The minimum absolute atomic E-state index is 0.139. The van der Waals surface area contributed by atoms with Crippen LogP contribution in [-0.4, -0.2) is 30.8 Å². The van der Waals surface area contributed by atoms with Gasteiger partial charge in [-0.05, 0) is 93.7 Å². The summed E-state index contributed by atoms with van der Waals surface area (Å²) in [5.41, 5.74) is 8.48. The lowest BCUT2D eigenvalue weighted by molar-refractivity contribution is 0.179. The molecule has 0 aliphatic carbocycles. The first kappa shape index (κ1) is 21.5. The molecule has 0 aromatic heterocycles. The predicted molar refractivity (Wildman–Crippen MR) is 132 cm³/mol. The first-order chi connectivity index (χ1) is 14.6. The zero-order valence-corrected chi connectivity index (χ0v) is 19.7. The molecule has 0 amide bonds. The fourth-order valence-corrected chi connectivity index (χ4v) is 5.92. The maximum absolute atomic E-state index is 4.41. The summed E-state index contributed by atoms with van der Waals surface area (Å²) in [6.45, 7) is 12.4. The summed E-state index contributed by atoms with van der Waals surface area (Å²) in [5.74, 6) is 0. The van der Waals surface area contributed by atoms with E-state index in [1.807, 2.05) is 11.8 Å². The maximum Gasteiger partial charge on any atom is 0.0424 e. The third-order valence-corrected chi connectivity index (χ3v) is 7.91. The van der Waals surface area contributed by atoms with Crippen LogP contribution in [0.5, 0.6) is 0 Å². The van der Waals surface area contributed by atoms with Crippen molar-refractivity contribution in [2.45, 2.75) is 62.7 Å². The number of rotatable bonds is 7. The summed E-state index contributed by atoms with van der Waals surface area (Å²) in [6, 6.07) is 13.9. The number of benzene rings is 2. The molecule has 2 aliphatic rings. The van der Waals surface area contributed by atoms with E-state index >= 15 is 0 Å². The van der Waals surface area contributed by atoms with Crippen LogP contribution in [0.15, 0.2) is 53.6 Å². The molecule has 2 aliphatic heterocycles. The summed E-state index contributed by atoms with van der Waals surface area (Å²) in [5, 5.41) is 3.57. The Morgan fingerprint density at radius 3 is 2.63 bits per heavy atom. The van der Waals surface area contributed by atoms with Gasteiger partial charge >= 0.3 is 0 Å². The number of nitrogens with zero attached hydrogens (tertiary/aromatic N) is 1. The highest BCUT2D eigenvalue weighted by molar-refractivity contribution is 7.98. The quantitative estimate of drug-likeness (QED) is 0.510. The number of nitrogens with one attached hydrogen (secondary N) is 1. The highest BCUT2D eigenvalue weighted by Gasteiger charge is 2.44. The molecule has 0 atom stereocenters. The van der Waals surface area contributed by atoms with Gasteiger partial charge in [0.25, 0.3) is 0 Å². The molecule has 0 unspecified atom stereocenters. The maximum atomic E-state index is 4.41. The SMILES string of the molecule is C=C1Nc2ccc(C)cc2C12CCN(CCCc1ccc(SC)c(CCC)c1)CC2. The zero-order chi connectivity index (χ0) is 21.1. The van der Waals surface area contributed by atoms with E-state index in [0.29, 0.717) is 0 Å². The largest absolute Gasteiger partial charge is 0.358 e. The number of fused-ring (bicyclic) bond motifs is 2. The van der Waals surface area contributed by atoms with Gasteiger partial charge < -0.3 is 10.2 Å². The van der Waals surface area contributed by atoms with E-state index in [1.165, 1.54) is 96.7 Å². The Kier molecular flexibility index (Phi) is 6.60. The molecule has 1 saturated heterocycles. The lowest BCUT2D eigenvalue weighted by atomic mass is 9.72. The van der Waals surface area contributed by atoms with Crippen LogP contribution in [0.25, 0.3) is 0 Å². The van der Waals surface area contributed by atoms with Gasteiger partial charge in [0, 0.05) is 21.7 Å². The number of hydrogen-bond donors (Lipinski definition) is 1. The van der Waals surface area contributed by atoms with Crippen LogP contribution in [0.3, 0.4) is 0 Å². The summed E-state index contributed by atoms with van der Waals surface area (Å²) < 4.78 is 0. The van der Waals surface area contributed by atoms with E-state index in [2.05, 4.69) is 73.3 Å². The van der Waals surface area contributed by atoms with Gasteiger partial charge in [0.1, 0.15) is 0 Å². The van der Waals surface area contributed by atoms with Crippen molar-refractivity contribution in [3.05, 3.63) is 70.9 Å². The lowest BCUT2D eigenvalue weighted by Crippen LogP contribution is -2.43. The van der Waals surface area contributed by atoms with E-state index < -0.39 is 0 Å². The van der Waals surface area contributed by atoms with Crippen molar-refractivity contribution in [3.63, 3.8) is 0 Å². The summed E-state index contributed by atoms with van der Waals surface area (Å²) >= 11 is 1.88. The van der Waals surface area contributed by atoms with E-state index in [9.17, 15) is 0 Å². The summed E-state index contributed by atoms with van der Waals surface area (Å²) in [7, 11) is 0. The van der Waals surface area contributed by atoms with Crippen LogP contribution in [-0.2, 0) is 18.3 Å². The number of piperidine rings is 1. The Morgan fingerprint density at radius 2 is 1.90 bits per heavy atom. The van der Waals surface area contributed by atoms with Crippen molar-refractivity contribution in [1.29, 1.82) is 0 Å². The Balaban J connectivity index is 1.33. The molecule has 2 nitrogen and oxygen atoms in total. The minimum Gasteiger partial charge on any atom is -0.358 e. The van der Waals surface area contributed by atoms with E-state index in [4.69, 9.17) is 0 Å². The van der Waals surface area contributed by atoms with E-state index in [1.54, 1.807) is 0 Å². The molecule has 1 spiro atoms. The molecule has 160 valence electrons. The topological polar surface area (TPSA) is 15.3 Å². The zero-order valence-electron chi connectivity index (χ0n) is 18.9. The fourth-order valence-electron chi connectivity index (χ4n) is 5.30. The molecule has 2 heterocycles. The van der Waals surface area contributed by atoms with Gasteiger partial charge in [-0.15, -0.1) is 11.8 Å². The number of thioether (sulfide) groups is 1. The highest BCUT2D eigenvalue weighted by Crippen LogP contribution is 2.49. The second-order valence-corrected chi connectivity index (χ2v) is 9.92. The second-order valence-electron chi connectivity index (χ2n) is 9.08. The van der Waals surface area contributed by atoms with Crippen molar-refractivity contribution in [2.75, 3.05) is 31.2 Å². The predicted octanol–water partition coefficient (Wildman–Crippen LogP) is 6.58. The number of likely N-dealkylation sites (tertiary alicyclic amines) is 1. The Bertz CT molecular complexity index is 909. The molecule has 0 bridgehead atoms. The Hall–Kier alpha value is -1.71. The Labute approximate surface area is 187 Å². The van der Waals surface area contributed by atoms with Gasteiger partial charge in [-0.3, -0.25) is 0 Å². The fraction of sp³-hybridized carbons (Fsp3) is 0.481. The van der Waals surface area contributed by atoms with Crippen LogP contribution < -0.4 is 5.32 Å². The molecule has 4 rings (SSSR count). The van der Waals surface area contributed by atoms with Gasteiger partial charge in [-0.2, -0.15) is 0 Å². The molecule has 2 aromatic rings.